The lowest BCUT2D eigenvalue weighted by atomic mass is 9.98. The first kappa shape index (κ1) is 24.7. The zero-order valence-electron chi connectivity index (χ0n) is 19.8. The van der Waals surface area contributed by atoms with E-state index in [0.717, 1.165) is 26.2 Å². The molecule has 0 aromatic heterocycles. The topological polar surface area (TPSA) is 125 Å². The Morgan fingerprint density at radius 1 is 0.971 bits per heavy atom. The maximum Gasteiger partial charge on any atom is 0.407 e. The number of aliphatic hydroxyl groups is 1. The first-order valence-corrected chi connectivity index (χ1v) is 12.1. The largest absolute Gasteiger partial charge is 0.479 e. The van der Waals surface area contributed by atoms with Gasteiger partial charge in [0.2, 0.25) is 5.91 Å². The second-order valence-corrected chi connectivity index (χ2v) is 9.81. The molecule has 3 unspecified atom stereocenters. The fourth-order valence-electron chi connectivity index (χ4n) is 5.11. The molecule has 4 N–H and O–H groups in total. The quantitative estimate of drug-likeness (QED) is 0.437. The molecule has 2 amide bonds. The van der Waals surface area contributed by atoms with Crippen molar-refractivity contribution in [3.63, 3.8) is 0 Å². The van der Waals surface area contributed by atoms with Crippen molar-refractivity contribution in [1.29, 1.82) is 0 Å². The van der Waals surface area contributed by atoms with E-state index in [4.69, 9.17) is 9.84 Å². The van der Waals surface area contributed by atoms with Crippen LogP contribution in [0.25, 0.3) is 11.1 Å². The lowest BCUT2D eigenvalue weighted by molar-refractivity contribution is -0.156. The Morgan fingerprint density at radius 3 is 2.20 bits per heavy atom. The summed E-state index contributed by atoms with van der Waals surface area (Å²) in [6.07, 6.45) is 2.39. The molecule has 4 rings (SSSR count). The number of fused-ring (bicyclic) bond motifs is 3. The van der Waals surface area contributed by atoms with Gasteiger partial charge >= 0.3 is 12.1 Å². The van der Waals surface area contributed by atoms with Crippen molar-refractivity contribution in [2.45, 2.75) is 44.1 Å². The summed E-state index contributed by atoms with van der Waals surface area (Å²) < 4.78 is 5.59. The Morgan fingerprint density at radius 2 is 1.57 bits per heavy atom. The molecule has 8 nitrogen and oxygen atoms in total. The summed E-state index contributed by atoms with van der Waals surface area (Å²) in [5.41, 5.74) is 2.72. The fourth-order valence-corrected chi connectivity index (χ4v) is 5.11. The van der Waals surface area contributed by atoms with Crippen LogP contribution in [-0.4, -0.2) is 53.5 Å². The summed E-state index contributed by atoms with van der Waals surface area (Å²) in [5.74, 6) is -1.21. The van der Waals surface area contributed by atoms with E-state index in [9.17, 15) is 19.5 Å². The Labute approximate surface area is 204 Å². The van der Waals surface area contributed by atoms with Gasteiger partial charge in [0.05, 0.1) is 6.54 Å². The number of carbonyl (C=O) groups excluding carboxylic acids is 2. The summed E-state index contributed by atoms with van der Waals surface area (Å²) in [4.78, 5) is 35.5. The number of hydrogen-bond donors (Lipinski definition) is 4. The van der Waals surface area contributed by atoms with Crippen LogP contribution in [0.2, 0.25) is 0 Å². The molecule has 1 saturated carbocycles. The zero-order valence-corrected chi connectivity index (χ0v) is 19.8. The Balaban J connectivity index is 1.19. The normalized spacial score (nSPS) is 20.4. The highest BCUT2D eigenvalue weighted by Gasteiger charge is 2.32. The standard InChI is InChI=1S/C27H32N2O6/c1-27(34,25(31)32)16-29-24(30)13-17-10-11-18(12-17)14-28-26(33)35-15-23-21-8-4-2-6-19(21)20-7-3-5-9-22(20)23/h2-9,17-18,23,34H,10-16H2,1H3,(H,28,33)(H,29,30)(H,31,32). The van der Waals surface area contributed by atoms with E-state index in [-0.39, 0.29) is 43.2 Å². The van der Waals surface area contributed by atoms with Gasteiger partial charge in [-0.25, -0.2) is 9.59 Å². The average Bonchev–Trinajstić information content (AvgIpc) is 3.42. The van der Waals surface area contributed by atoms with Crippen LogP contribution >= 0.6 is 0 Å². The molecule has 1 fully saturated rings. The molecule has 2 aromatic rings. The van der Waals surface area contributed by atoms with E-state index in [1.54, 1.807) is 0 Å². The minimum Gasteiger partial charge on any atom is -0.479 e. The molecule has 0 radical (unpaired) electrons. The second-order valence-electron chi connectivity index (χ2n) is 9.81. The van der Waals surface area contributed by atoms with E-state index in [1.165, 1.54) is 22.3 Å². The minimum atomic E-state index is -1.99. The van der Waals surface area contributed by atoms with Crippen LogP contribution in [0.15, 0.2) is 48.5 Å². The SMILES string of the molecule is CC(O)(CNC(=O)CC1CCC(CNC(=O)OCC2c3ccccc3-c3ccccc32)C1)C(=O)O. The molecule has 0 bridgehead atoms. The third-order valence-corrected chi connectivity index (χ3v) is 7.09. The van der Waals surface area contributed by atoms with E-state index in [1.807, 2.05) is 24.3 Å². The molecular formula is C27H32N2O6. The van der Waals surface area contributed by atoms with Gasteiger partial charge in [0.15, 0.2) is 5.60 Å². The van der Waals surface area contributed by atoms with Crippen molar-refractivity contribution in [2.75, 3.05) is 19.7 Å². The van der Waals surface area contributed by atoms with Gasteiger partial charge in [-0.05, 0) is 60.3 Å². The van der Waals surface area contributed by atoms with E-state index in [2.05, 4.69) is 34.9 Å². The van der Waals surface area contributed by atoms with Crippen molar-refractivity contribution in [3.05, 3.63) is 59.7 Å². The molecule has 0 heterocycles. The average molecular weight is 481 g/mol. The highest BCUT2D eigenvalue weighted by atomic mass is 16.5. The van der Waals surface area contributed by atoms with Crippen LogP contribution in [0.5, 0.6) is 0 Å². The fraction of sp³-hybridized carbons (Fsp3) is 0.444. The summed E-state index contributed by atoms with van der Waals surface area (Å²) >= 11 is 0. The van der Waals surface area contributed by atoms with E-state index >= 15 is 0 Å². The number of amides is 2. The van der Waals surface area contributed by atoms with Gasteiger partial charge in [-0.15, -0.1) is 0 Å². The van der Waals surface area contributed by atoms with Gasteiger partial charge in [0, 0.05) is 18.9 Å². The molecular weight excluding hydrogens is 448 g/mol. The van der Waals surface area contributed by atoms with Gasteiger partial charge in [0.1, 0.15) is 6.61 Å². The molecule has 8 heteroatoms. The third-order valence-electron chi connectivity index (χ3n) is 7.09. The number of carboxylic acid groups (broad SMARTS) is 1. The van der Waals surface area contributed by atoms with Gasteiger partial charge in [-0.1, -0.05) is 48.5 Å². The molecule has 2 aliphatic carbocycles. The monoisotopic (exact) mass is 480 g/mol. The van der Waals surface area contributed by atoms with Crippen molar-refractivity contribution in [2.24, 2.45) is 11.8 Å². The number of carbonyl (C=O) groups is 3. The van der Waals surface area contributed by atoms with Crippen molar-refractivity contribution < 1.29 is 29.3 Å². The van der Waals surface area contributed by atoms with Crippen LogP contribution in [0.4, 0.5) is 4.79 Å². The Kier molecular flexibility index (Phi) is 7.40. The van der Waals surface area contributed by atoms with Gasteiger partial charge < -0.3 is 25.6 Å². The number of alkyl carbamates (subject to hydrolysis) is 1. The predicted molar refractivity (Wildman–Crippen MR) is 130 cm³/mol. The summed E-state index contributed by atoms with van der Waals surface area (Å²) in [7, 11) is 0. The van der Waals surface area contributed by atoms with Crippen LogP contribution in [0.1, 0.15) is 49.7 Å². The van der Waals surface area contributed by atoms with Gasteiger partial charge in [-0.3, -0.25) is 4.79 Å². The third kappa shape index (κ3) is 5.82. The summed E-state index contributed by atoms with van der Waals surface area (Å²) in [6.45, 7) is 1.58. The number of rotatable bonds is 9. The van der Waals surface area contributed by atoms with E-state index < -0.39 is 17.7 Å². The number of carboxylic acids is 1. The number of hydrogen-bond acceptors (Lipinski definition) is 5. The first-order valence-electron chi connectivity index (χ1n) is 12.1. The van der Waals surface area contributed by atoms with Crippen LogP contribution in [0.3, 0.4) is 0 Å². The molecule has 0 aliphatic heterocycles. The summed E-state index contributed by atoms with van der Waals surface area (Å²) in [6, 6.07) is 16.4. The lowest BCUT2D eigenvalue weighted by Gasteiger charge is -2.19. The van der Waals surface area contributed by atoms with Crippen molar-refractivity contribution >= 4 is 18.0 Å². The number of nitrogens with one attached hydrogen (secondary N) is 2. The Hall–Kier alpha value is -3.39. The number of benzene rings is 2. The van der Waals surface area contributed by atoms with Gasteiger partial charge in [0.25, 0.3) is 0 Å². The maximum atomic E-state index is 12.4. The molecule has 35 heavy (non-hydrogen) atoms. The van der Waals surface area contributed by atoms with Crippen LogP contribution < -0.4 is 10.6 Å². The lowest BCUT2D eigenvalue weighted by Crippen LogP contribution is -2.46. The molecule has 186 valence electrons. The van der Waals surface area contributed by atoms with Crippen molar-refractivity contribution in [3.8, 4) is 11.1 Å². The predicted octanol–water partition coefficient (Wildman–Crippen LogP) is 3.28. The van der Waals surface area contributed by atoms with Crippen LogP contribution in [-0.2, 0) is 14.3 Å². The molecule has 2 aromatic carbocycles. The second kappa shape index (κ2) is 10.5. The highest BCUT2D eigenvalue weighted by molar-refractivity contribution is 5.80. The van der Waals surface area contributed by atoms with Crippen LogP contribution in [0, 0.1) is 11.8 Å². The molecule has 0 saturated heterocycles. The minimum absolute atomic E-state index is 0.0180. The number of aliphatic carboxylic acids is 1. The maximum absolute atomic E-state index is 12.4. The first-order chi connectivity index (χ1) is 16.7. The molecule has 3 atom stereocenters. The molecule has 2 aliphatic rings. The highest BCUT2D eigenvalue weighted by Crippen LogP contribution is 2.44. The smallest absolute Gasteiger partial charge is 0.407 e. The van der Waals surface area contributed by atoms with Crippen molar-refractivity contribution in [1.82, 2.24) is 10.6 Å². The zero-order chi connectivity index (χ0) is 25.0. The summed E-state index contributed by atoms with van der Waals surface area (Å²) in [5, 5.41) is 24.0. The van der Waals surface area contributed by atoms with Gasteiger partial charge in [-0.2, -0.15) is 0 Å². The Bertz CT molecular complexity index is 1050. The molecule has 0 spiro atoms. The van der Waals surface area contributed by atoms with E-state index in [0.29, 0.717) is 6.54 Å². The number of ether oxygens (including phenoxy) is 1.